The number of alkyl halides is 3. The largest absolute Gasteiger partial charge is 0.573 e. The molecule has 180 valence electrons. The van der Waals surface area contributed by atoms with Gasteiger partial charge in [0.15, 0.2) is 6.23 Å². The van der Waals surface area contributed by atoms with Gasteiger partial charge >= 0.3 is 6.36 Å². The molecule has 0 spiro atoms. The molecule has 3 aromatic rings. The van der Waals surface area contributed by atoms with E-state index in [2.05, 4.69) is 19.9 Å². The van der Waals surface area contributed by atoms with Crippen LogP contribution in [0.5, 0.6) is 5.75 Å². The Morgan fingerprint density at radius 3 is 2.56 bits per heavy atom. The number of halogens is 3. The van der Waals surface area contributed by atoms with Gasteiger partial charge in [-0.05, 0) is 54.8 Å². The summed E-state index contributed by atoms with van der Waals surface area (Å²) in [6, 6.07) is 14.9. The highest BCUT2D eigenvalue weighted by atomic mass is 19.4. The fourth-order valence-electron chi connectivity index (χ4n) is 4.02. The number of nitrogens with one attached hydrogen (secondary N) is 1. The summed E-state index contributed by atoms with van der Waals surface area (Å²) in [6.07, 6.45) is -3.90. The van der Waals surface area contributed by atoms with E-state index in [-0.39, 0.29) is 11.9 Å². The molecule has 2 N–H and O–H groups in total. The van der Waals surface area contributed by atoms with Crippen LogP contribution < -0.4 is 15.0 Å². The van der Waals surface area contributed by atoms with E-state index in [1.807, 2.05) is 32.0 Å². The van der Waals surface area contributed by atoms with Crippen LogP contribution in [0.4, 0.5) is 24.7 Å². The average Bonchev–Trinajstić information content (AvgIpc) is 2.79. The maximum absolute atomic E-state index is 12.4. The van der Waals surface area contributed by atoms with Gasteiger partial charge in [0.1, 0.15) is 11.6 Å². The molecule has 4 rings (SSSR count). The number of hydrogen-bond acceptors (Lipinski definition) is 6. The third-order valence-electron chi connectivity index (χ3n) is 5.69. The minimum atomic E-state index is -4.74. The zero-order chi connectivity index (χ0) is 24.3. The number of anilines is 2. The lowest BCUT2D eigenvalue weighted by molar-refractivity contribution is -0.274. The van der Waals surface area contributed by atoms with Crippen LogP contribution in [0, 0.1) is 6.92 Å². The second kappa shape index (κ2) is 9.90. The normalized spacial score (nSPS) is 17.4. The molecule has 2 aromatic carbocycles. The number of morpholine rings is 1. The van der Waals surface area contributed by atoms with Crippen LogP contribution in [-0.2, 0) is 4.74 Å². The minimum Gasteiger partial charge on any atom is -0.406 e. The molecule has 1 fully saturated rings. The van der Waals surface area contributed by atoms with E-state index in [1.165, 1.54) is 12.1 Å². The van der Waals surface area contributed by atoms with E-state index < -0.39 is 12.6 Å². The first kappa shape index (κ1) is 23.8. The molecule has 0 aliphatic carbocycles. The number of pyridine rings is 1. The highest BCUT2D eigenvalue weighted by Gasteiger charge is 2.31. The van der Waals surface area contributed by atoms with Crippen LogP contribution in [0.15, 0.2) is 60.8 Å². The summed E-state index contributed by atoms with van der Waals surface area (Å²) in [6.45, 7) is 6.10. The van der Waals surface area contributed by atoms with Crippen molar-refractivity contribution in [1.82, 2.24) is 4.98 Å². The lowest BCUT2D eigenvalue weighted by Gasteiger charge is -2.32. The van der Waals surface area contributed by atoms with E-state index in [1.54, 1.807) is 30.5 Å². The summed E-state index contributed by atoms with van der Waals surface area (Å²) < 4.78 is 46.7. The second-order valence-corrected chi connectivity index (χ2v) is 8.17. The number of rotatable bonds is 6. The van der Waals surface area contributed by atoms with Gasteiger partial charge in [0, 0.05) is 18.7 Å². The Kier molecular flexibility index (Phi) is 6.95. The van der Waals surface area contributed by atoms with Gasteiger partial charge in [-0.25, -0.2) is 4.98 Å². The predicted octanol–water partition coefficient (Wildman–Crippen LogP) is 5.28. The lowest BCUT2D eigenvalue weighted by Crippen LogP contribution is -2.41. The molecule has 1 unspecified atom stereocenters. The van der Waals surface area contributed by atoms with Crippen molar-refractivity contribution in [3.8, 4) is 16.9 Å². The smallest absolute Gasteiger partial charge is 0.406 e. The van der Waals surface area contributed by atoms with E-state index in [4.69, 9.17) is 4.74 Å². The van der Waals surface area contributed by atoms with E-state index in [0.717, 1.165) is 30.0 Å². The number of benzene rings is 2. The van der Waals surface area contributed by atoms with E-state index in [0.29, 0.717) is 23.4 Å². The number of hydrogen-bond donors (Lipinski definition) is 2. The standard InChI is InChI=1S/C25H26F3N3O3/c1-16-15-31(12-13-33-16)23-11-8-19(14-29-23)30-24(32)22-5-3-4-21(17(22)2)18-6-9-20(10-7-18)34-25(26,27)28/h3-11,14,16,24,30,32H,12-13,15H2,1-2H3/t16-,24?/m1/s1. The third-order valence-corrected chi connectivity index (χ3v) is 5.69. The SMILES string of the molecule is Cc1c(-c2ccc(OC(F)(F)F)cc2)cccc1C(O)Nc1ccc(N2CCO[C@H](C)C2)nc1. The Labute approximate surface area is 196 Å². The highest BCUT2D eigenvalue weighted by molar-refractivity contribution is 5.69. The number of aromatic nitrogens is 1. The van der Waals surface area contributed by atoms with E-state index in [9.17, 15) is 18.3 Å². The molecule has 0 radical (unpaired) electrons. The molecule has 6 nitrogen and oxygen atoms in total. The maximum Gasteiger partial charge on any atom is 0.573 e. The summed E-state index contributed by atoms with van der Waals surface area (Å²) >= 11 is 0. The molecule has 9 heteroatoms. The molecule has 2 atom stereocenters. The Morgan fingerprint density at radius 1 is 1.15 bits per heavy atom. The molecule has 0 amide bonds. The van der Waals surface area contributed by atoms with Crippen molar-refractivity contribution >= 4 is 11.5 Å². The zero-order valence-electron chi connectivity index (χ0n) is 18.8. The Hall–Kier alpha value is -3.30. The third kappa shape index (κ3) is 5.78. The average molecular weight is 473 g/mol. The van der Waals surface area contributed by atoms with Crippen LogP contribution in [0.25, 0.3) is 11.1 Å². The van der Waals surface area contributed by atoms with Crippen molar-refractivity contribution in [1.29, 1.82) is 0 Å². The Balaban J connectivity index is 1.47. The van der Waals surface area contributed by atoms with Crippen molar-refractivity contribution in [2.45, 2.75) is 32.5 Å². The molecule has 2 heterocycles. The van der Waals surface area contributed by atoms with Gasteiger partial charge in [-0.15, -0.1) is 13.2 Å². The summed E-state index contributed by atoms with van der Waals surface area (Å²) in [5.74, 6) is 0.570. The molecule has 1 aliphatic rings. The van der Waals surface area contributed by atoms with Crippen molar-refractivity contribution in [2.24, 2.45) is 0 Å². The summed E-state index contributed by atoms with van der Waals surface area (Å²) in [4.78, 5) is 6.67. The highest BCUT2D eigenvalue weighted by Crippen LogP contribution is 2.32. The molecule has 1 saturated heterocycles. The fraction of sp³-hybridized carbons (Fsp3) is 0.320. The number of aliphatic hydroxyl groups is 1. The molecule has 34 heavy (non-hydrogen) atoms. The van der Waals surface area contributed by atoms with Crippen LogP contribution in [0.3, 0.4) is 0 Å². The van der Waals surface area contributed by atoms with Crippen molar-refractivity contribution < 1.29 is 27.8 Å². The minimum absolute atomic E-state index is 0.152. The first-order valence-electron chi connectivity index (χ1n) is 10.9. The van der Waals surface area contributed by atoms with Gasteiger partial charge in [0.2, 0.25) is 0 Å². The van der Waals surface area contributed by atoms with Crippen molar-refractivity contribution in [3.63, 3.8) is 0 Å². The summed E-state index contributed by atoms with van der Waals surface area (Å²) in [5, 5.41) is 13.9. The second-order valence-electron chi connectivity index (χ2n) is 8.17. The Bertz CT molecular complexity index is 1110. The molecular weight excluding hydrogens is 447 g/mol. The van der Waals surface area contributed by atoms with Crippen LogP contribution in [0.2, 0.25) is 0 Å². The van der Waals surface area contributed by atoms with Crippen LogP contribution in [-0.4, -0.2) is 42.3 Å². The van der Waals surface area contributed by atoms with Gasteiger partial charge in [-0.2, -0.15) is 0 Å². The fourth-order valence-corrected chi connectivity index (χ4v) is 4.02. The topological polar surface area (TPSA) is 66.9 Å². The van der Waals surface area contributed by atoms with Crippen molar-refractivity contribution in [2.75, 3.05) is 29.9 Å². The summed E-state index contributed by atoms with van der Waals surface area (Å²) in [7, 11) is 0. The van der Waals surface area contributed by atoms with Gasteiger partial charge < -0.3 is 24.8 Å². The zero-order valence-corrected chi connectivity index (χ0v) is 18.8. The number of aliphatic hydroxyl groups excluding tert-OH is 1. The van der Waals surface area contributed by atoms with Crippen LogP contribution in [0.1, 0.15) is 24.3 Å². The lowest BCUT2D eigenvalue weighted by atomic mass is 9.95. The summed E-state index contributed by atoms with van der Waals surface area (Å²) in [5.41, 5.74) is 3.63. The number of ether oxygens (including phenoxy) is 2. The van der Waals surface area contributed by atoms with Gasteiger partial charge in [-0.3, -0.25) is 0 Å². The molecule has 1 aromatic heterocycles. The quantitative estimate of drug-likeness (QED) is 0.475. The van der Waals surface area contributed by atoms with E-state index >= 15 is 0 Å². The molecular formula is C25H26F3N3O3. The molecule has 0 saturated carbocycles. The Morgan fingerprint density at radius 2 is 1.91 bits per heavy atom. The van der Waals surface area contributed by atoms with Crippen LogP contribution >= 0.6 is 0 Å². The molecule has 1 aliphatic heterocycles. The first-order chi connectivity index (χ1) is 16.2. The predicted molar refractivity (Wildman–Crippen MR) is 124 cm³/mol. The van der Waals surface area contributed by atoms with Gasteiger partial charge in [0.05, 0.1) is 24.6 Å². The first-order valence-corrected chi connectivity index (χ1v) is 10.9. The number of nitrogens with zero attached hydrogens (tertiary/aromatic N) is 2. The van der Waals surface area contributed by atoms with Gasteiger partial charge in [-0.1, -0.05) is 30.3 Å². The monoisotopic (exact) mass is 473 g/mol. The van der Waals surface area contributed by atoms with Crippen molar-refractivity contribution in [3.05, 3.63) is 71.9 Å². The maximum atomic E-state index is 12.4. The van der Waals surface area contributed by atoms with Gasteiger partial charge in [0.25, 0.3) is 0 Å². The molecule has 0 bridgehead atoms.